The Morgan fingerprint density at radius 2 is 1.88 bits per heavy atom. The first-order valence-electron chi connectivity index (χ1n) is 4.74. The molecule has 0 saturated heterocycles. The third kappa shape index (κ3) is 2.19. The number of hydrogen-bond donors (Lipinski definition) is 0. The largest absolute Gasteiger partial charge is 0.240 e. The molecule has 0 radical (unpaired) electrons. The van der Waals surface area contributed by atoms with Crippen LogP contribution in [0.15, 0.2) is 53.5 Å². The zero-order valence-electron chi connectivity index (χ0n) is 8.35. The Bertz CT molecular complexity index is 559. The lowest BCUT2D eigenvalue weighted by molar-refractivity contribution is 0.565. The molecule has 16 heavy (non-hydrogen) atoms. The molecule has 78 valence electrons. The Morgan fingerprint density at radius 3 is 2.62 bits per heavy atom. The van der Waals surface area contributed by atoms with E-state index in [2.05, 4.69) is 4.99 Å². The zero-order valence-corrected chi connectivity index (χ0v) is 9.11. The van der Waals surface area contributed by atoms with Crippen LogP contribution in [-0.2, 0) is 4.79 Å². The lowest BCUT2D eigenvalue weighted by Crippen LogP contribution is -1.78. The van der Waals surface area contributed by atoms with Crippen molar-refractivity contribution < 1.29 is 4.79 Å². The fourth-order valence-corrected chi connectivity index (χ4v) is 1.71. The fourth-order valence-electron chi connectivity index (χ4n) is 1.52. The minimum Gasteiger partial charge on any atom is -0.211 e. The highest BCUT2D eigenvalue weighted by Gasteiger charge is 2.03. The summed E-state index contributed by atoms with van der Waals surface area (Å²) in [5, 5.41) is 0.655. The molecule has 0 aliphatic rings. The Hall–Kier alpha value is -1.89. The molecule has 0 unspecified atom stereocenters. The Kier molecular flexibility index (Phi) is 3.16. The van der Waals surface area contributed by atoms with Gasteiger partial charge in [-0.3, -0.25) is 0 Å². The maximum absolute atomic E-state index is 10.3. The van der Waals surface area contributed by atoms with E-state index in [-0.39, 0.29) is 0 Å². The molecule has 0 heterocycles. The average Bonchev–Trinajstić information content (AvgIpc) is 2.30. The van der Waals surface area contributed by atoms with Crippen LogP contribution in [-0.4, -0.2) is 6.08 Å². The normalized spacial score (nSPS) is 9.56. The number of halogens is 1. The van der Waals surface area contributed by atoms with Crippen LogP contribution in [0.2, 0.25) is 5.02 Å². The van der Waals surface area contributed by atoms with Gasteiger partial charge in [0.15, 0.2) is 0 Å². The fraction of sp³-hybridized carbons (Fsp3) is 0. The van der Waals surface area contributed by atoms with E-state index in [1.807, 2.05) is 36.4 Å². The van der Waals surface area contributed by atoms with E-state index in [1.165, 1.54) is 0 Å². The summed E-state index contributed by atoms with van der Waals surface area (Å²) in [6.07, 6.45) is 1.55. The predicted octanol–water partition coefficient (Wildman–Crippen LogP) is 3.97. The van der Waals surface area contributed by atoms with Gasteiger partial charge < -0.3 is 0 Å². The zero-order chi connectivity index (χ0) is 11.4. The monoisotopic (exact) mass is 229 g/mol. The van der Waals surface area contributed by atoms with Crippen molar-refractivity contribution in [3.05, 3.63) is 53.6 Å². The van der Waals surface area contributed by atoms with Crippen molar-refractivity contribution in [1.29, 1.82) is 0 Å². The van der Waals surface area contributed by atoms with Crippen molar-refractivity contribution >= 4 is 23.4 Å². The van der Waals surface area contributed by atoms with Crippen molar-refractivity contribution in [3.8, 4) is 11.1 Å². The molecule has 0 saturated carbocycles. The molecule has 2 aromatic rings. The molecule has 0 aromatic heterocycles. The number of isocyanates is 1. The Labute approximate surface area is 98.2 Å². The number of carbonyl (C=O) groups excluding carboxylic acids is 1. The van der Waals surface area contributed by atoms with Crippen molar-refractivity contribution in [1.82, 2.24) is 0 Å². The van der Waals surface area contributed by atoms with Gasteiger partial charge in [0, 0.05) is 10.6 Å². The lowest BCUT2D eigenvalue weighted by Gasteiger charge is -2.04. The maximum Gasteiger partial charge on any atom is 0.240 e. The van der Waals surface area contributed by atoms with E-state index in [0.29, 0.717) is 10.7 Å². The van der Waals surface area contributed by atoms with Gasteiger partial charge in [0.05, 0.1) is 5.69 Å². The summed E-state index contributed by atoms with van der Waals surface area (Å²) in [5.41, 5.74) is 2.40. The van der Waals surface area contributed by atoms with Crippen molar-refractivity contribution in [3.63, 3.8) is 0 Å². The summed E-state index contributed by atoms with van der Waals surface area (Å²) < 4.78 is 0. The molecule has 2 rings (SSSR count). The Morgan fingerprint density at radius 1 is 1.06 bits per heavy atom. The van der Waals surface area contributed by atoms with Crippen LogP contribution in [0.3, 0.4) is 0 Å². The van der Waals surface area contributed by atoms with E-state index in [9.17, 15) is 4.79 Å². The van der Waals surface area contributed by atoms with Crippen LogP contribution in [0, 0.1) is 0 Å². The third-order valence-corrected chi connectivity index (χ3v) is 2.44. The summed E-state index contributed by atoms with van der Waals surface area (Å²) in [7, 11) is 0. The molecule has 2 aromatic carbocycles. The lowest BCUT2D eigenvalue weighted by atomic mass is 10.0. The van der Waals surface area contributed by atoms with Crippen molar-refractivity contribution in [2.24, 2.45) is 4.99 Å². The number of rotatable bonds is 2. The van der Waals surface area contributed by atoms with Gasteiger partial charge >= 0.3 is 0 Å². The van der Waals surface area contributed by atoms with Gasteiger partial charge in [-0.15, -0.1) is 0 Å². The van der Waals surface area contributed by atoms with E-state index >= 15 is 0 Å². The second-order valence-electron chi connectivity index (χ2n) is 3.23. The highest BCUT2D eigenvalue weighted by Crippen LogP contribution is 2.30. The molecule has 0 atom stereocenters. The molecular formula is C13H8ClNO. The van der Waals surface area contributed by atoms with Gasteiger partial charge in [-0.2, -0.15) is 4.99 Å². The third-order valence-electron chi connectivity index (χ3n) is 2.21. The number of hydrogen-bond acceptors (Lipinski definition) is 2. The van der Waals surface area contributed by atoms with Gasteiger partial charge in [0.1, 0.15) is 0 Å². The first-order valence-corrected chi connectivity index (χ1v) is 5.12. The number of aliphatic imine (C=N–C) groups is 1. The summed E-state index contributed by atoms with van der Waals surface area (Å²) in [6, 6.07) is 14.8. The smallest absolute Gasteiger partial charge is 0.211 e. The van der Waals surface area contributed by atoms with Crippen LogP contribution in [0.4, 0.5) is 5.69 Å². The first kappa shape index (κ1) is 10.6. The van der Waals surface area contributed by atoms with E-state index in [1.54, 1.807) is 18.2 Å². The molecule has 0 spiro atoms. The molecule has 0 fully saturated rings. The molecule has 2 nitrogen and oxygen atoms in total. The van der Waals surface area contributed by atoms with Crippen molar-refractivity contribution in [2.45, 2.75) is 0 Å². The van der Waals surface area contributed by atoms with Gasteiger partial charge in [0.25, 0.3) is 0 Å². The molecule has 3 heteroatoms. The summed E-state index contributed by atoms with van der Waals surface area (Å²) in [5.74, 6) is 0. The molecule has 0 aliphatic heterocycles. The maximum atomic E-state index is 10.3. The second kappa shape index (κ2) is 4.75. The van der Waals surface area contributed by atoms with Crippen LogP contribution in [0.5, 0.6) is 0 Å². The van der Waals surface area contributed by atoms with E-state index in [0.717, 1.165) is 11.1 Å². The average molecular weight is 230 g/mol. The van der Waals surface area contributed by atoms with Gasteiger partial charge in [-0.1, -0.05) is 41.9 Å². The van der Waals surface area contributed by atoms with Crippen LogP contribution >= 0.6 is 11.6 Å². The Balaban J connectivity index is 2.59. The second-order valence-corrected chi connectivity index (χ2v) is 3.67. The van der Waals surface area contributed by atoms with Crippen LogP contribution in [0.1, 0.15) is 0 Å². The van der Waals surface area contributed by atoms with E-state index in [4.69, 9.17) is 11.6 Å². The first-order chi connectivity index (χ1) is 7.81. The minimum absolute atomic E-state index is 0.597. The number of nitrogens with zero attached hydrogens (tertiary/aromatic N) is 1. The number of para-hydroxylation sites is 1. The van der Waals surface area contributed by atoms with Crippen LogP contribution < -0.4 is 0 Å². The topological polar surface area (TPSA) is 29.4 Å². The van der Waals surface area contributed by atoms with E-state index < -0.39 is 0 Å². The summed E-state index contributed by atoms with van der Waals surface area (Å²) in [4.78, 5) is 14.0. The highest BCUT2D eigenvalue weighted by molar-refractivity contribution is 6.30. The molecule has 0 aliphatic carbocycles. The van der Waals surface area contributed by atoms with Crippen molar-refractivity contribution in [2.75, 3.05) is 0 Å². The summed E-state index contributed by atoms with van der Waals surface area (Å²) in [6.45, 7) is 0. The minimum atomic E-state index is 0.597. The SMILES string of the molecule is O=C=Nc1ccccc1-c1cccc(Cl)c1. The van der Waals surface area contributed by atoms with Gasteiger partial charge in [0.2, 0.25) is 6.08 Å². The highest BCUT2D eigenvalue weighted by atomic mass is 35.5. The molecule has 0 N–H and O–H groups in total. The number of benzene rings is 2. The van der Waals surface area contributed by atoms with Gasteiger partial charge in [-0.25, -0.2) is 4.79 Å². The molecular weight excluding hydrogens is 222 g/mol. The quantitative estimate of drug-likeness (QED) is 0.566. The summed E-state index contributed by atoms with van der Waals surface area (Å²) >= 11 is 5.92. The van der Waals surface area contributed by atoms with Gasteiger partial charge in [-0.05, 0) is 23.8 Å². The van der Waals surface area contributed by atoms with Crippen LogP contribution in [0.25, 0.3) is 11.1 Å². The molecule has 0 bridgehead atoms. The molecule has 0 amide bonds. The predicted molar refractivity (Wildman–Crippen MR) is 64.7 cm³/mol. The standard InChI is InChI=1S/C13H8ClNO/c14-11-5-3-4-10(8-11)12-6-1-2-7-13(12)15-9-16/h1-8H.